The van der Waals surface area contributed by atoms with Crippen LogP contribution >= 0.6 is 0 Å². The first kappa shape index (κ1) is 11.7. The van der Waals surface area contributed by atoms with E-state index < -0.39 is 12.0 Å². The number of hydrogen-bond donors (Lipinski definition) is 1. The van der Waals surface area contributed by atoms with Gasteiger partial charge in [0.25, 0.3) is 0 Å². The van der Waals surface area contributed by atoms with Gasteiger partial charge in [0.15, 0.2) is 0 Å². The number of aromatic nitrogens is 2. The minimum atomic E-state index is -4.58. The lowest BCUT2D eigenvalue weighted by Gasteiger charge is -2.09. The van der Waals surface area contributed by atoms with Gasteiger partial charge in [-0.25, -0.2) is 9.97 Å². The lowest BCUT2D eigenvalue weighted by molar-refractivity contribution is -0.144. The number of aliphatic hydroxyl groups excluding tert-OH is 1. The molecule has 0 radical (unpaired) electrons. The quantitative estimate of drug-likeness (QED) is 0.679. The zero-order chi connectivity index (χ0) is 13.6. The van der Waals surface area contributed by atoms with Crippen LogP contribution in [-0.4, -0.2) is 15.1 Å². The van der Waals surface area contributed by atoms with Crippen molar-refractivity contribution < 1.29 is 18.3 Å². The highest BCUT2D eigenvalue weighted by atomic mass is 19.4. The number of alkyl halides is 3. The molecule has 3 rings (SSSR count). The first-order valence-electron chi connectivity index (χ1n) is 5.41. The molecule has 0 saturated carbocycles. The van der Waals surface area contributed by atoms with E-state index in [1.54, 1.807) is 12.1 Å². The second-order valence-electron chi connectivity index (χ2n) is 4.05. The van der Waals surface area contributed by atoms with Gasteiger partial charge in [0.1, 0.15) is 0 Å². The Bertz CT molecular complexity index is 808. The minimum absolute atomic E-state index is 0.207. The van der Waals surface area contributed by atoms with Gasteiger partial charge in [-0.05, 0) is 23.6 Å². The molecule has 0 saturated heterocycles. The monoisotopic (exact) mass is 264 g/mol. The highest BCUT2D eigenvalue weighted by Crippen LogP contribution is 2.30. The molecule has 0 aliphatic carbocycles. The van der Waals surface area contributed by atoms with Gasteiger partial charge in [0.05, 0.1) is 17.3 Å². The lowest BCUT2D eigenvalue weighted by Crippen LogP contribution is -2.12. The molecule has 0 aliphatic heterocycles. The van der Waals surface area contributed by atoms with Crippen molar-refractivity contribution in [1.82, 2.24) is 9.97 Å². The predicted molar refractivity (Wildman–Crippen MR) is 64.4 cm³/mol. The summed E-state index contributed by atoms with van der Waals surface area (Å²) >= 11 is 0. The largest absolute Gasteiger partial charge is 0.515 e. The van der Waals surface area contributed by atoms with Crippen LogP contribution in [0.2, 0.25) is 0 Å². The van der Waals surface area contributed by atoms with Crippen LogP contribution in [0.5, 0.6) is 0 Å². The number of rotatable bonds is 0. The molecule has 3 nitrogen and oxygen atoms in total. The van der Waals surface area contributed by atoms with Gasteiger partial charge in [0, 0.05) is 10.6 Å². The van der Waals surface area contributed by atoms with Gasteiger partial charge in [-0.15, -0.1) is 0 Å². The van der Waals surface area contributed by atoms with Crippen molar-refractivity contribution in [3.8, 4) is 0 Å². The molecule has 0 unspecified atom stereocenters. The Morgan fingerprint density at radius 2 is 1.68 bits per heavy atom. The van der Waals surface area contributed by atoms with E-state index in [2.05, 4.69) is 9.97 Å². The summed E-state index contributed by atoms with van der Waals surface area (Å²) in [6.07, 6.45) is -3.67. The molecule has 6 heteroatoms. The van der Waals surface area contributed by atoms with E-state index in [1.807, 2.05) is 0 Å². The molecule has 0 fully saturated rings. The Hall–Kier alpha value is -2.37. The number of hydrogen-bond acceptors (Lipinski definition) is 3. The van der Waals surface area contributed by atoms with Crippen LogP contribution < -0.4 is 5.22 Å². The zero-order valence-electron chi connectivity index (χ0n) is 9.44. The summed E-state index contributed by atoms with van der Waals surface area (Å²) in [4.78, 5) is 7.08. The van der Waals surface area contributed by atoms with Gasteiger partial charge in [-0.3, -0.25) is 0 Å². The third-order valence-corrected chi connectivity index (χ3v) is 2.88. The molecule has 2 aromatic carbocycles. The number of halogens is 3. The lowest BCUT2D eigenvalue weighted by atomic mass is 10.1. The van der Waals surface area contributed by atoms with E-state index in [1.165, 1.54) is 18.2 Å². The van der Waals surface area contributed by atoms with Crippen molar-refractivity contribution in [2.75, 3.05) is 0 Å². The van der Waals surface area contributed by atoms with Crippen LogP contribution in [0.3, 0.4) is 0 Å². The minimum Gasteiger partial charge on any atom is -0.515 e. The molecule has 19 heavy (non-hydrogen) atoms. The summed E-state index contributed by atoms with van der Waals surface area (Å²) in [5.41, 5.74) is 0.414. The van der Waals surface area contributed by atoms with Gasteiger partial charge >= 0.3 is 6.18 Å². The molecular weight excluding hydrogens is 257 g/mol. The molecule has 0 amide bonds. The highest BCUT2D eigenvalue weighted by Gasteiger charge is 2.35. The fourth-order valence-electron chi connectivity index (χ4n) is 2.07. The molecule has 1 aromatic heterocycles. The van der Waals surface area contributed by atoms with Crippen LogP contribution in [0.25, 0.3) is 28.1 Å². The number of benzene rings is 2. The second kappa shape index (κ2) is 3.81. The zero-order valence-corrected chi connectivity index (χ0v) is 9.44. The maximum absolute atomic E-state index is 12.7. The van der Waals surface area contributed by atoms with E-state index in [9.17, 15) is 13.2 Å². The van der Waals surface area contributed by atoms with Gasteiger partial charge in [-0.2, -0.15) is 13.2 Å². The number of aliphatic hydroxyl groups is 1. The Balaban J connectivity index is 2.52. The average molecular weight is 264 g/mol. The summed E-state index contributed by atoms with van der Waals surface area (Å²) in [7, 11) is 0. The van der Waals surface area contributed by atoms with Crippen molar-refractivity contribution in [3.05, 3.63) is 41.4 Å². The van der Waals surface area contributed by atoms with Crippen LogP contribution in [0.15, 0.2) is 30.3 Å². The van der Waals surface area contributed by atoms with Crippen LogP contribution in [0.4, 0.5) is 13.2 Å². The van der Waals surface area contributed by atoms with E-state index >= 15 is 0 Å². The summed E-state index contributed by atoms with van der Waals surface area (Å²) in [5, 5.41) is 10.8. The first-order valence-corrected chi connectivity index (χ1v) is 5.41. The van der Waals surface area contributed by atoms with Crippen LogP contribution in [0, 0.1) is 0 Å². The Kier molecular flexibility index (Phi) is 2.35. The topological polar surface area (TPSA) is 46.0 Å². The molecule has 1 N–H and O–H groups in total. The summed E-state index contributed by atoms with van der Waals surface area (Å²) in [6.45, 7) is 0. The molecule has 1 heterocycles. The summed E-state index contributed by atoms with van der Waals surface area (Å²) in [5.74, 6) is -1.16. The third-order valence-electron chi connectivity index (χ3n) is 2.88. The summed E-state index contributed by atoms with van der Waals surface area (Å²) < 4.78 is 38.1. The average Bonchev–Trinajstić information content (AvgIpc) is 2.38. The molecule has 3 aromatic rings. The fourth-order valence-corrected chi connectivity index (χ4v) is 2.07. The molecule has 0 bridgehead atoms. The van der Waals surface area contributed by atoms with E-state index in [0.29, 0.717) is 16.0 Å². The predicted octanol–water partition coefficient (Wildman–Crippen LogP) is 2.82. The van der Waals surface area contributed by atoms with Crippen molar-refractivity contribution in [2.24, 2.45) is 0 Å². The van der Waals surface area contributed by atoms with Crippen molar-refractivity contribution in [2.45, 2.75) is 6.18 Å². The molecule has 0 aliphatic rings. The van der Waals surface area contributed by atoms with Crippen LogP contribution in [0.1, 0.15) is 5.82 Å². The summed E-state index contributed by atoms with van der Waals surface area (Å²) in [6, 6.07) is 7.75. The molecule has 0 spiro atoms. The maximum atomic E-state index is 12.7. The van der Waals surface area contributed by atoms with Crippen molar-refractivity contribution in [1.29, 1.82) is 0 Å². The van der Waals surface area contributed by atoms with Gasteiger partial charge in [-0.1, -0.05) is 12.1 Å². The van der Waals surface area contributed by atoms with Gasteiger partial charge < -0.3 is 5.11 Å². The SMILES string of the molecule is O/C=c1/ccc2nc(C(F)(F)F)nc3cccc1c32. The molecule has 96 valence electrons. The van der Waals surface area contributed by atoms with Crippen molar-refractivity contribution >= 4 is 28.1 Å². The van der Waals surface area contributed by atoms with Crippen LogP contribution in [-0.2, 0) is 6.18 Å². The first-order chi connectivity index (χ1) is 9.00. The molecular formula is C13H7F3N2O. The maximum Gasteiger partial charge on any atom is 0.451 e. The Morgan fingerprint density at radius 3 is 2.32 bits per heavy atom. The van der Waals surface area contributed by atoms with E-state index in [4.69, 9.17) is 5.11 Å². The highest BCUT2D eigenvalue weighted by molar-refractivity contribution is 6.06. The van der Waals surface area contributed by atoms with Crippen molar-refractivity contribution in [3.63, 3.8) is 0 Å². The third kappa shape index (κ3) is 1.76. The van der Waals surface area contributed by atoms with E-state index in [-0.39, 0.29) is 11.0 Å². The smallest absolute Gasteiger partial charge is 0.451 e. The Labute approximate surface area is 105 Å². The Morgan fingerprint density at radius 1 is 1.00 bits per heavy atom. The van der Waals surface area contributed by atoms with E-state index in [0.717, 1.165) is 6.26 Å². The fraction of sp³-hybridized carbons (Fsp3) is 0.0769. The molecule has 0 atom stereocenters. The normalized spacial score (nSPS) is 13.5. The van der Waals surface area contributed by atoms with Gasteiger partial charge in [0.2, 0.25) is 5.82 Å². The number of nitrogens with zero attached hydrogens (tertiary/aromatic N) is 2. The second-order valence-corrected chi connectivity index (χ2v) is 4.05. The standard InChI is InChI=1S/C13H7F3N2O/c14-13(15,16)12-17-9-3-1-2-8-7(6-19)4-5-10(18-12)11(8)9/h1-6,19H/b7-6-.